The number of likely N-dealkylation sites (tertiary alicyclic amines) is 1. The molecule has 1 aliphatic rings. The van der Waals surface area contributed by atoms with Crippen LogP contribution in [0.15, 0.2) is 30.3 Å². The van der Waals surface area contributed by atoms with E-state index in [1.54, 1.807) is 4.90 Å². The molecule has 5 nitrogen and oxygen atoms in total. The molecule has 6 heteroatoms. The first-order chi connectivity index (χ1) is 14.7. The van der Waals surface area contributed by atoms with Gasteiger partial charge >= 0.3 is 5.97 Å². The first-order valence-corrected chi connectivity index (χ1v) is 12.6. The summed E-state index contributed by atoms with van der Waals surface area (Å²) < 4.78 is 6.09. The second-order valence-electron chi connectivity index (χ2n) is 10.7. The van der Waals surface area contributed by atoms with Gasteiger partial charge in [0.05, 0.1) is 17.4 Å². The predicted octanol–water partition coefficient (Wildman–Crippen LogP) is 5.47. The number of aliphatic hydroxyl groups is 1. The maximum atomic E-state index is 13.1. The molecule has 1 fully saturated rings. The van der Waals surface area contributed by atoms with E-state index in [9.17, 15) is 14.7 Å². The first kappa shape index (κ1) is 28.5. The summed E-state index contributed by atoms with van der Waals surface area (Å²) in [6.45, 7) is 16.2. The van der Waals surface area contributed by atoms with Crippen LogP contribution in [0.3, 0.4) is 0 Å². The highest BCUT2D eigenvalue weighted by molar-refractivity contribution is 7.99. The zero-order chi connectivity index (χ0) is 24.7. The lowest BCUT2D eigenvalue weighted by molar-refractivity contribution is -0.169. The van der Waals surface area contributed by atoms with Crippen LogP contribution < -0.4 is 0 Å². The summed E-state index contributed by atoms with van der Waals surface area (Å²) in [4.78, 5) is 27.9. The number of rotatable bonds is 6. The molecule has 2 rings (SSSR count). The highest BCUT2D eigenvalue weighted by Crippen LogP contribution is 2.44. The Kier molecular flexibility index (Phi) is 10.3. The molecule has 1 aromatic rings. The van der Waals surface area contributed by atoms with E-state index in [2.05, 4.69) is 27.0 Å². The van der Waals surface area contributed by atoms with Crippen molar-refractivity contribution in [3.05, 3.63) is 35.9 Å². The minimum Gasteiger partial charge on any atom is -0.459 e. The van der Waals surface area contributed by atoms with E-state index in [-0.39, 0.29) is 24.5 Å². The molecule has 0 aromatic heterocycles. The SMILES string of the molecule is CSC(C)(C)C.C[C@H](c1ccccc1)N1C[C@@](C)(C(=O)OC(C)(C)C)C(CCCO)C1=O. The van der Waals surface area contributed by atoms with Gasteiger partial charge in [-0.05, 0) is 59.3 Å². The number of nitrogens with zero attached hydrogens (tertiary/aromatic N) is 1. The molecule has 0 aliphatic carbocycles. The summed E-state index contributed by atoms with van der Waals surface area (Å²) in [5, 5.41) is 9.22. The maximum absolute atomic E-state index is 13.1. The highest BCUT2D eigenvalue weighted by atomic mass is 32.2. The lowest BCUT2D eigenvalue weighted by Crippen LogP contribution is -2.41. The number of thioether (sulfide) groups is 1. The highest BCUT2D eigenvalue weighted by Gasteiger charge is 2.55. The summed E-state index contributed by atoms with van der Waals surface area (Å²) in [7, 11) is 0. The van der Waals surface area contributed by atoms with E-state index in [0.717, 1.165) is 5.56 Å². The average molecular weight is 466 g/mol. The first-order valence-electron chi connectivity index (χ1n) is 11.4. The molecule has 0 saturated carbocycles. The van der Waals surface area contributed by atoms with Crippen molar-refractivity contribution < 1.29 is 19.4 Å². The van der Waals surface area contributed by atoms with Crippen molar-refractivity contribution in [2.45, 2.75) is 84.6 Å². The Bertz CT molecular complexity index is 738. The monoisotopic (exact) mass is 465 g/mol. The van der Waals surface area contributed by atoms with Crippen LogP contribution in [0.25, 0.3) is 0 Å². The molecule has 1 heterocycles. The van der Waals surface area contributed by atoms with Crippen LogP contribution in [0.4, 0.5) is 0 Å². The van der Waals surface area contributed by atoms with Crippen LogP contribution in [0.1, 0.15) is 79.8 Å². The number of carbonyl (C=O) groups excluding carboxylic acids is 2. The zero-order valence-corrected chi connectivity index (χ0v) is 22.2. The third-order valence-corrected chi connectivity index (χ3v) is 6.95. The number of ether oxygens (including phenoxy) is 1. The molecule has 1 aliphatic heterocycles. The van der Waals surface area contributed by atoms with Gasteiger partial charge < -0.3 is 14.7 Å². The molecular weight excluding hydrogens is 422 g/mol. The van der Waals surface area contributed by atoms with E-state index in [4.69, 9.17) is 4.74 Å². The van der Waals surface area contributed by atoms with Gasteiger partial charge in [-0.1, -0.05) is 51.1 Å². The second-order valence-corrected chi connectivity index (χ2v) is 12.3. The lowest BCUT2D eigenvalue weighted by Gasteiger charge is -2.31. The number of hydrogen-bond acceptors (Lipinski definition) is 5. The molecule has 1 saturated heterocycles. The third-order valence-electron chi connectivity index (χ3n) is 5.73. The van der Waals surface area contributed by atoms with E-state index in [1.807, 2.05) is 76.7 Å². The number of benzene rings is 1. The van der Waals surface area contributed by atoms with Crippen LogP contribution in [0.5, 0.6) is 0 Å². The minimum atomic E-state index is -0.914. The molecule has 182 valence electrons. The molecule has 0 bridgehead atoms. The summed E-state index contributed by atoms with van der Waals surface area (Å²) >= 11 is 1.88. The third kappa shape index (κ3) is 8.11. The van der Waals surface area contributed by atoms with Crippen molar-refractivity contribution in [2.75, 3.05) is 19.4 Å². The van der Waals surface area contributed by atoms with Gasteiger partial charge in [-0.3, -0.25) is 9.59 Å². The number of esters is 1. The molecule has 0 radical (unpaired) electrons. The Morgan fingerprint density at radius 1 is 1.22 bits per heavy atom. The van der Waals surface area contributed by atoms with Crippen molar-refractivity contribution in [1.82, 2.24) is 4.90 Å². The Morgan fingerprint density at radius 2 is 1.75 bits per heavy atom. The normalized spacial score (nSPS) is 22.2. The number of amides is 1. The topological polar surface area (TPSA) is 66.8 Å². The fourth-order valence-corrected chi connectivity index (χ4v) is 3.59. The van der Waals surface area contributed by atoms with E-state index in [1.165, 1.54) is 0 Å². The summed E-state index contributed by atoms with van der Waals surface area (Å²) in [6, 6.07) is 9.69. The Hall–Kier alpha value is -1.53. The largest absolute Gasteiger partial charge is 0.459 e. The summed E-state index contributed by atoms with van der Waals surface area (Å²) in [6.07, 6.45) is 3.09. The van der Waals surface area contributed by atoms with Gasteiger partial charge in [-0.2, -0.15) is 11.8 Å². The zero-order valence-electron chi connectivity index (χ0n) is 21.4. The standard InChI is InChI=1S/C21H31NO4.C5H12S/c1-15(16-10-7-6-8-11-16)22-14-21(5,19(25)26-20(2,3)4)17(18(22)24)12-9-13-23;1-5(2,3)6-4/h6-8,10-11,15,17,23H,9,12-14H2,1-5H3;1-4H3/t15-,17?,21-;/m1./s1. The van der Waals surface area contributed by atoms with E-state index >= 15 is 0 Å². The maximum Gasteiger partial charge on any atom is 0.314 e. The van der Waals surface area contributed by atoms with Crippen LogP contribution in [0.2, 0.25) is 0 Å². The molecular formula is C26H43NO4S. The fourth-order valence-electron chi connectivity index (χ4n) is 3.59. The van der Waals surface area contributed by atoms with E-state index < -0.39 is 16.9 Å². The van der Waals surface area contributed by atoms with Crippen LogP contribution in [0, 0.1) is 11.3 Å². The van der Waals surface area contributed by atoms with Crippen molar-refractivity contribution in [1.29, 1.82) is 0 Å². The summed E-state index contributed by atoms with van der Waals surface area (Å²) in [5.74, 6) is -0.858. The van der Waals surface area contributed by atoms with Gasteiger partial charge in [-0.25, -0.2) is 0 Å². The number of aliphatic hydroxyl groups excluding tert-OH is 1. The van der Waals surface area contributed by atoms with Crippen molar-refractivity contribution in [2.24, 2.45) is 11.3 Å². The van der Waals surface area contributed by atoms with Crippen molar-refractivity contribution >= 4 is 23.6 Å². The minimum absolute atomic E-state index is 0.00240. The molecule has 1 unspecified atom stereocenters. The Morgan fingerprint density at radius 3 is 2.19 bits per heavy atom. The smallest absolute Gasteiger partial charge is 0.314 e. The molecule has 3 atom stereocenters. The van der Waals surface area contributed by atoms with Crippen molar-refractivity contribution in [3.8, 4) is 0 Å². The van der Waals surface area contributed by atoms with Crippen LogP contribution in [-0.2, 0) is 14.3 Å². The second kappa shape index (κ2) is 11.6. The predicted molar refractivity (Wildman–Crippen MR) is 134 cm³/mol. The van der Waals surface area contributed by atoms with Crippen LogP contribution >= 0.6 is 11.8 Å². The van der Waals surface area contributed by atoms with Gasteiger partial charge in [0, 0.05) is 17.9 Å². The molecule has 1 N–H and O–H groups in total. The number of carbonyl (C=O) groups is 2. The van der Waals surface area contributed by atoms with Gasteiger partial charge in [0.25, 0.3) is 0 Å². The number of hydrogen-bond donors (Lipinski definition) is 1. The van der Waals surface area contributed by atoms with Gasteiger partial charge in [0.1, 0.15) is 5.60 Å². The average Bonchev–Trinajstić information content (AvgIpc) is 2.96. The molecule has 0 spiro atoms. The van der Waals surface area contributed by atoms with Gasteiger partial charge in [0.15, 0.2) is 0 Å². The van der Waals surface area contributed by atoms with Crippen LogP contribution in [-0.4, -0.2) is 51.6 Å². The molecule has 32 heavy (non-hydrogen) atoms. The van der Waals surface area contributed by atoms with Crippen molar-refractivity contribution in [3.63, 3.8) is 0 Å². The Balaban J connectivity index is 0.000000751. The quantitative estimate of drug-likeness (QED) is 0.564. The summed E-state index contributed by atoms with van der Waals surface area (Å²) in [5.41, 5.74) is -0.485. The Labute approximate surface area is 199 Å². The van der Waals surface area contributed by atoms with Gasteiger partial charge in [-0.15, -0.1) is 0 Å². The fraction of sp³-hybridized carbons (Fsp3) is 0.692. The van der Waals surface area contributed by atoms with Gasteiger partial charge in [0.2, 0.25) is 5.91 Å². The molecule has 1 aromatic carbocycles. The molecule has 1 amide bonds. The lowest BCUT2D eigenvalue weighted by atomic mass is 9.77. The van der Waals surface area contributed by atoms with E-state index in [0.29, 0.717) is 24.1 Å².